The zero-order chi connectivity index (χ0) is 23.8. The number of nitrogens with one attached hydrogen (secondary N) is 1. The van der Waals surface area contributed by atoms with E-state index in [9.17, 15) is 0 Å². The van der Waals surface area contributed by atoms with Gasteiger partial charge in [0.1, 0.15) is 0 Å². The van der Waals surface area contributed by atoms with E-state index in [1.54, 1.807) is 11.1 Å². The van der Waals surface area contributed by atoms with Crippen LogP contribution in [0.15, 0.2) is 53.6 Å². The Hall–Kier alpha value is -1.42. The van der Waals surface area contributed by atoms with Crippen LogP contribution in [0, 0.1) is 0 Å². The molecule has 0 saturated carbocycles. The van der Waals surface area contributed by atoms with E-state index in [1.165, 1.54) is 35.6 Å². The molecule has 0 amide bonds. The summed E-state index contributed by atoms with van der Waals surface area (Å²) in [6.07, 6.45) is 5.86. The largest absolute Gasteiger partial charge is 0.416 e. The summed E-state index contributed by atoms with van der Waals surface area (Å²) < 4.78 is 6.48. The van der Waals surface area contributed by atoms with Gasteiger partial charge in [-0.2, -0.15) is 0 Å². The summed E-state index contributed by atoms with van der Waals surface area (Å²) in [5, 5.41) is 6.79. The molecule has 3 heteroatoms. The highest BCUT2D eigenvalue weighted by Gasteiger charge is 2.36. The molecule has 2 nitrogen and oxygen atoms in total. The van der Waals surface area contributed by atoms with Crippen molar-refractivity contribution in [1.29, 1.82) is 0 Å². The van der Waals surface area contributed by atoms with Crippen LogP contribution in [-0.4, -0.2) is 21.5 Å². The van der Waals surface area contributed by atoms with Gasteiger partial charge in [0.25, 0.3) is 0 Å². The molecule has 0 radical (unpaired) electrons. The van der Waals surface area contributed by atoms with Crippen LogP contribution in [0.4, 0.5) is 0 Å². The number of allylic oxidation sites excluding steroid dienone is 1. The summed E-state index contributed by atoms with van der Waals surface area (Å²) in [4.78, 5) is 0. The first-order valence-corrected chi connectivity index (χ1v) is 15.6. The van der Waals surface area contributed by atoms with Crippen LogP contribution in [0.25, 0.3) is 10.8 Å². The summed E-state index contributed by atoms with van der Waals surface area (Å²) in [6.45, 7) is 20.2. The second-order valence-electron chi connectivity index (χ2n) is 10.6. The third-order valence-electron chi connectivity index (χ3n) is 7.13. The topological polar surface area (TPSA) is 21.3 Å². The number of fused-ring (bicyclic) bond motifs is 1. The summed E-state index contributed by atoms with van der Waals surface area (Å²) in [7, 11) is -1.73. The highest BCUT2D eigenvalue weighted by Crippen LogP contribution is 2.37. The minimum absolute atomic E-state index is 0.245. The van der Waals surface area contributed by atoms with E-state index in [0.29, 0.717) is 0 Å². The lowest BCUT2D eigenvalue weighted by atomic mass is 9.87. The van der Waals surface area contributed by atoms with Gasteiger partial charge in [0.05, 0.1) is 6.04 Å². The Kier molecular flexibility index (Phi) is 10.2. The molecule has 1 atom stereocenters. The van der Waals surface area contributed by atoms with Crippen molar-refractivity contribution in [2.45, 2.75) is 97.8 Å². The van der Waals surface area contributed by atoms with Gasteiger partial charge in [0.2, 0.25) is 0 Å². The highest BCUT2D eigenvalue weighted by atomic mass is 28.4. The van der Waals surface area contributed by atoms with Crippen LogP contribution in [-0.2, 0) is 4.43 Å². The highest BCUT2D eigenvalue weighted by molar-refractivity contribution is 6.74. The molecule has 0 fully saturated rings. The second-order valence-corrected chi connectivity index (χ2v) is 15.4. The van der Waals surface area contributed by atoms with Crippen LogP contribution in [0.5, 0.6) is 0 Å². The quantitative estimate of drug-likeness (QED) is 0.197. The lowest BCUT2D eigenvalue weighted by molar-refractivity contribution is 0.281. The molecule has 2 aromatic carbocycles. The number of benzene rings is 2. The maximum atomic E-state index is 6.48. The fourth-order valence-corrected chi connectivity index (χ4v) is 5.26. The third kappa shape index (κ3) is 7.04. The fraction of sp³-hybridized carbons (Fsp3) is 0.586. The summed E-state index contributed by atoms with van der Waals surface area (Å²) in [6, 6.07) is 15.9. The van der Waals surface area contributed by atoms with E-state index in [0.717, 1.165) is 26.0 Å². The van der Waals surface area contributed by atoms with Crippen molar-refractivity contribution in [3.05, 3.63) is 59.2 Å². The van der Waals surface area contributed by atoms with E-state index < -0.39 is 8.32 Å². The van der Waals surface area contributed by atoms with Gasteiger partial charge in [0, 0.05) is 13.2 Å². The summed E-state index contributed by atoms with van der Waals surface area (Å²) in [5.41, 5.74) is 4.60. The monoisotopic (exact) mass is 453 g/mol. The molecule has 0 aliphatic carbocycles. The Labute approximate surface area is 199 Å². The molecule has 0 spiro atoms. The van der Waals surface area contributed by atoms with Crippen molar-refractivity contribution in [2.24, 2.45) is 0 Å². The SMILES string of the molecule is CCC/C(CC)=C(\CCC)[C@@H](NCCO[Si](C)(C)C(C)(C)C)c1ccc2ccccc2c1. The predicted octanol–water partition coefficient (Wildman–Crippen LogP) is 8.80. The maximum absolute atomic E-state index is 6.48. The molecule has 2 rings (SSSR count). The van der Waals surface area contributed by atoms with E-state index >= 15 is 0 Å². The normalized spacial score (nSPS) is 14.5. The van der Waals surface area contributed by atoms with E-state index in [1.807, 2.05) is 0 Å². The molecule has 2 aromatic rings. The predicted molar refractivity (Wildman–Crippen MR) is 145 cm³/mol. The molecule has 0 aliphatic rings. The first-order valence-electron chi connectivity index (χ1n) is 12.7. The lowest BCUT2D eigenvalue weighted by Crippen LogP contribution is -2.42. The van der Waals surface area contributed by atoms with Crippen molar-refractivity contribution in [3.63, 3.8) is 0 Å². The van der Waals surface area contributed by atoms with Gasteiger partial charge in [-0.1, -0.05) is 96.4 Å². The number of hydrogen-bond donors (Lipinski definition) is 1. The third-order valence-corrected chi connectivity index (χ3v) is 11.7. The van der Waals surface area contributed by atoms with Crippen LogP contribution < -0.4 is 5.32 Å². The minimum Gasteiger partial charge on any atom is -0.416 e. The second kappa shape index (κ2) is 12.2. The minimum atomic E-state index is -1.73. The molecule has 0 aliphatic heterocycles. The molecule has 0 bridgehead atoms. The Morgan fingerprint density at radius 1 is 0.938 bits per heavy atom. The van der Waals surface area contributed by atoms with E-state index in [4.69, 9.17) is 4.43 Å². The van der Waals surface area contributed by atoms with E-state index in [-0.39, 0.29) is 11.1 Å². The van der Waals surface area contributed by atoms with Gasteiger partial charge >= 0.3 is 0 Å². The van der Waals surface area contributed by atoms with Gasteiger partial charge < -0.3 is 9.74 Å². The van der Waals surface area contributed by atoms with Crippen molar-refractivity contribution in [2.75, 3.05) is 13.2 Å². The fourth-order valence-electron chi connectivity index (χ4n) is 4.22. The molecule has 0 unspecified atom stereocenters. The van der Waals surface area contributed by atoms with Gasteiger partial charge in [-0.3, -0.25) is 0 Å². The molecule has 32 heavy (non-hydrogen) atoms. The summed E-state index contributed by atoms with van der Waals surface area (Å²) in [5.74, 6) is 0. The van der Waals surface area contributed by atoms with E-state index in [2.05, 4.69) is 102 Å². The van der Waals surface area contributed by atoms with Gasteiger partial charge in [-0.05, 0) is 65.4 Å². The molecule has 0 aromatic heterocycles. The van der Waals surface area contributed by atoms with Crippen molar-refractivity contribution in [1.82, 2.24) is 5.32 Å². The van der Waals surface area contributed by atoms with Crippen molar-refractivity contribution >= 4 is 19.1 Å². The van der Waals surface area contributed by atoms with Crippen LogP contribution in [0.2, 0.25) is 18.1 Å². The Balaban J connectivity index is 2.35. The molecule has 178 valence electrons. The zero-order valence-electron chi connectivity index (χ0n) is 22.0. The van der Waals surface area contributed by atoms with Crippen LogP contribution in [0.3, 0.4) is 0 Å². The molecule has 0 heterocycles. The maximum Gasteiger partial charge on any atom is 0.192 e. The molecule has 1 N–H and O–H groups in total. The standard InChI is InChI=1S/C29H47NOSi/c1-9-14-23(11-3)27(15-10-2)28(30-20-21-31-32(7,8)29(4,5)6)26-19-18-24-16-12-13-17-25(24)22-26/h12-13,16-19,22,28,30H,9-11,14-15,20-21H2,1-8H3/b27-23+/t28-/m0/s1. The molecular weight excluding hydrogens is 406 g/mol. The average molecular weight is 454 g/mol. The lowest BCUT2D eigenvalue weighted by Gasteiger charge is -2.36. The first-order chi connectivity index (χ1) is 15.1. The Bertz CT molecular complexity index is 878. The average Bonchev–Trinajstić information content (AvgIpc) is 2.75. The Morgan fingerprint density at radius 2 is 1.59 bits per heavy atom. The van der Waals surface area contributed by atoms with Gasteiger partial charge in [0.15, 0.2) is 8.32 Å². The smallest absolute Gasteiger partial charge is 0.192 e. The van der Waals surface area contributed by atoms with Crippen LogP contribution >= 0.6 is 0 Å². The first kappa shape index (κ1) is 26.8. The van der Waals surface area contributed by atoms with Gasteiger partial charge in [-0.15, -0.1) is 0 Å². The van der Waals surface area contributed by atoms with Crippen molar-refractivity contribution in [3.8, 4) is 0 Å². The number of hydrogen-bond acceptors (Lipinski definition) is 2. The van der Waals surface area contributed by atoms with Crippen LogP contribution in [0.1, 0.15) is 85.3 Å². The van der Waals surface area contributed by atoms with Gasteiger partial charge in [-0.25, -0.2) is 0 Å². The van der Waals surface area contributed by atoms with Crippen molar-refractivity contribution < 1.29 is 4.43 Å². The Morgan fingerprint density at radius 3 is 2.19 bits per heavy atom. The summed E-state index contributed by atoms with van der Waals surface area (Å²) >= 11 is 0. The number of rotatable bonds is 12. The molecular formula is C29H47NOSi. The molecule has 0 saturated heterocycles. The zero-order valence-corrected chi connectivity index (χ0v) is 23.0.